The second-order valence-electron chi connectivity index (χ2n) is 14.7. The van der Waals surface area contributed by atoms with Crippen LogP contribution in [0.25, 0.3) is 22.2 Å². The van der Waals surface area contributed by atoms with Gasteiger partial charge in [-0.2, -0.15) is 0 Å². The molecule has 1 unspecified atom stereocenters. The number of methoxy groups -OCH3 is 1. The molecule has 0 radical (unpaired) electrons. The second-order valence-corrected chi connectivity index (χ2v) is 14.7. The van der Waals surface area contributed by atoms with Crippen molar-refractivity contribution in [3.63, 3.8) is 0 Å². The average molecular weight is 737 g/mol. The number of carbonyl (C=O) groups is 4. The number of nitrogens with one attached hydrogen (secondary N) is 3. The lowest BCUT2D eigenvalue weighted by molar-refractivity contribution is -0.138. The molecule has 4 aromatic rings. The maximum atomic E-state index is 13.6. The number of aromatic nitrogens is 4. The van der Waals surface area contributed by atoms with Crippen molar-refractivity contribution < 1.29 is 29.0 Å². The largest absolute Gasteiger partial charge is 0.465 e. The number of ether oxygens (including phenoxy) is 1. The molecule has 4 heterocycles. The summed E-state index contributed by atoms with van der Waals surface area (Å²) in [6.45, 7) is 8.61. The Hall–Kier alpha value is -5.84. The van der Waals surface area contributed by atoms with Crippen LogP contribution >= 0.6 is 0 Å². The number of carbonyl (C=O) groups excluding carboxylic acids is 3. The Bertz CT molecular complexity index is 2080. The molecular weight excluding hydrogens is 688 g/mol. The topological polar surface area (TPSA) is 177 Å². The van der Waals surface area contributed by atoms with Crippen LogP contribution in [0.1, 0.15) is 88.4 Å². The number of likely N-dealkylation sites (tertiary alicyclic amines) is 2. The van der Waals surface area contributed by atoms with Gasteiger partial charge in [-0.25, -0.2) is 19.6 Å². The number of fused-ring (bicyclic) bond motifs is 1. The maximum absolute atomic E-state index is 13.6. The van der Waals surface area contributed by atoms with Crippen molar-refractivity contribution >= 4 is 35.0 Å². The molecule has 0 spiro atoms. The van der Waals surface area contributed by atoms with Gasteiger partial charge in [0.1, 0.15) is 29.4 Å². The van der Waals surface area contributed by atoms with E-state index < -0.39 is 24.3 Å². The zero-order valence-corrected chi connectivity index (χ0v) is 31.6. The van der Waals surface area contributed by atoms with Crippen LogP contribution in [0, 0.1) is 23.7 Å². The molecule has 4 amide bonds. The first-order valence-electron chi connectivity index (χ1n) is 18.4. The molecule has 2 saturated heterocycles. The van der Waals surface area contributed by atoms with Crippen molar-refractivity contribution in [1.82, 2.24) is 40.0 Å². The van der Waals surface area contributed by atoms with Gasteiger partial charge in [0.15, 0.2) is 0 Å². The van der Waals surface area contributed by atoms with Gasteiger partial charge in [-0.05, 0) is 78.8 Å². The molecule has 2 aliphatic heterocycles. The van der Waals surface area contributed by atoms with Crippen molar-refractivity contribution in [2.75, 3.05) is 27.2 Å². The summed E-state index contributed by atoms with van der Waals surface area (Å²) in [7, 11) is 2.72. The minimum atomic E-state index is -1.13. The smallest absolute Gasteiger partial charge is 0.407 e. The van der Waals surface area contributed by atoms with Gasteiger partial charge in [-0.15, -0.1) is 0 Å². The molecule has 6 rings (SSSR count). The number of aromatic amines is 2. The summed E-state index contributed by atoms with van der Waals surface area (Å²) in [5.74, 6) is 7.00. The molecule has 54 heavy (non-hydrogen) atoms. The second kappa shape index (κ2) is 16.0. The zero-order chi connectivity index (χ0) is 38.7. The minimum Gasteiger partial charge on any atom is -0.465 e. The van der Waals surface area contributed by atoms with E-state index in [1.165, 1.54) is 14.2 Å². The maximum Gasteiger partial charge on any atom is 0.407 e. The van der Waals surface area contributed by atoms with E-state index >= 15 is 0 Å². The average Bonchev–Trinajstić information content (AvgIpc) is 3.98. The summed E-state index contributed by atoms with van der Waals surface area (Å²) in [6, 6.07) is 12.0. The minimum absolute atomic E-state index is 0.113. The number of amides is 4. The molecule has 2 aromatic heterocycles. The van der Waals surface area contributed by atoms with Crippen LogP contribution in [0.15, 0.2) is 48.7 Å². The normalized spacial score (nSPS) is 18.1. The Morgan fingerprint density at radius 2 is 1.54 bits per heavy atom. The highest BCUT2D eigenvalue weighted by molar-refractivity contribution is 5.87. The van der Waals surface area contributed by atoms with E-state index in [-0.39, 0.29) is 35.7 Å². The third-order valence-electron chi connectivity index (χ3n) is 10.4. The molecule has 0 aliphatic carbocycles. The third kappa shape index (κ3) is 7.90. The number of likely N-dealkylation sites (N-methyl/N-ethyl adjacent to an activating group) is 1. The number of nitrogens with zero attached hydrogens (tertiary/aromatic N) is 5. The SMILES string of the molecule is COC(=O)N[C@H](C(=O)N1CCCC1c1nc2cc(-c3ccc(C#Cc4c[nH]c([C@@H]5CCCN5C(=O)[C@@H](C(C)C)N(C)C(=O)O)n4)cc3)ccc2[nH]1)C(C)C. The van der Waals surface area contributed by atoms with Crippen molar-refractivity contribution in [2.45, 2.75) is 77.5 Å². The Morgan fingerprint density at radius 3 is 2.17 bits per heavy atom. The Labute approximate surface area is 314 Å². The van der Waals surface area contributed by atoms with Crippen LogP contribution in [0.3, 0.4) is 0 Å². The first-order chi connectivity index (χ1) is 25.9. The van der Waals surface area contributed by atoms with Gasteiger partial charge in [0.2, 0.25) is 11.8 Å². The molecule has 0 bridgehead atoms. The highest BCUT2D eigenvalue weighted by atomic mass is 16.5. The van der Waals surface area contributed by atoms with Crippen LogP contribution in [0.2, 0.25) is 0 Å². The van der Waals surface area contributed by atoms with E-state index in [0.29, 0.717) is 24.6 Å². The first-order valence-corrected chi connectivity index (χ1v) is 18.4. The quantitative estimate of drug-likeness (QED) is 0.158. The summed E-state index contributed by atoms with van der Waals surface area (Å²) >= 11 is 0. The Balaban J connectivity index is 1.13. The lowest BCUT2D eigenvalue weighted by Crippen LogP contribution is -2.51. The van der Waals surface area contributed by atoms with Crippen molar-refractivity contribution in [3.8, 4) is 23.0 Å². The fraction of sp³-hybridized carbons (Fsp3) is 0.450. The van der Waals surface area contributed by atoms with Crippen molar-refractivity contribution in [3.05, 3.63) is 71.6 Å². The van der Waals surface area contributed by atoms with E-state index in [9.17, 15) is 24.3 Å². The van der Waals surface area contributed by atoms with Crippen molar-refractivity contribution in [2.24, 2.45) is 11.8 Å². The fourth-order valence-corrected chi connectivity index (χ4v) is 7.51. The molecule has 4 N–H and O–H groups in total. The molecule has 0 saturated carbocycles. The summed E-state index contributed by atoms with van der Waals surface area (Å²) in [5, 5.41) is 12.2. The van der Waals surface area contributed by atoms with Gasteiger partial charge in [-0.1, -0.05) is 51.8 Å². The van der Waals surface area contributed by atoms with Crippen LogP contribution < -0.4 is 5.32 Å². The third-order valence-corrected chi connectivity index (χ3v) is 10.4. The number of carboxylic acid groups (broad SMARTS) is 1. The highest BCUT2D eigenvalue weighted by Gasteiger charge is 2.40. The van der Waals surface area contributed by atoms with E-state index in [4.69, 9.17) is 9.72 Å². The van der Waals surface area contributed by atoms with Crippen LogP contribution in [0.5, 0.6) is 0 Å². The summed E-state index contributed by atoms with van der Waals surface area (Å²) in [5.41, 5.74) is 5.03. The van der Waals surface area contributed by atoms with E-state index in [2.05, 4.69) is 32.1 Å². The standard InChI is InChI=1S/C40H48N8O6/c1-23(2)33(45-39(51)54-6)37(49)47-19-8-10-32(47)36-43-29-18-16-27(21-30(29)44-36)26-14-11-25(12-15-26)13-17-28-22-41-35(42-28)31-9-7-20-48(31)38(50)34(24(3)4)46(5)40(52)53/h11-12,14-16,18,21-24,31-34H,7-10,19-20H2,1-6H3,(H,41,42)(H,43,44)(H,45,51)(H,52,53)/t31-,32?,33-,34+/m0/s1. The molecule has 2 aliphatic rings. The zero-order valence-electron chi connectivity index (χ0n) is 31.6. The number of benzene rings is 2. The van der Waals surface area contributed by atoms with E-state index in [1.807, 2.05) is 70.2 Å². The van der Waals surface area contributed by atoms with E-state index in [0.717, 1.165) is 64.1 Å². The predicted octanol–water partition coefficient (Wildman–Crippen LogP) is 5.69. The lowest BCUT2D eigenvalue weighted by atomic mass is 10.0. The highest BCUT2D eigenvalue weighted by Crippen LogP contribution is 2.34. The lowest BCUT2D eigenvalue weighted by Gasteiger charge is -2.33. The molecule has 2 fully saturated rings. The molecule has 14 nitrogen and oxygen atoms in total. The molecule has 14 heteroatoms. The number of imidazole rings is 2. The number of rotatable bonds is 9. The van der Waals surface area contributed by atoms with Crippen LogP contribution in [-0.2, 0) is 14.3 Å². The molecule has 284 valence electrons. The number of alkyl carbamates (subject to hydrolysis) is 1. The summed E-state index contributed by atoms with van der Waals surface area (Å²) in [4.78, 5) is 71.5. The van der Waals surface area contributed by atoms with Gasteiger partial charge in [-0.3, -0.25) is 14.5 Å². The van der Waals surface area contributed by atoms with E-state index in [1.54, 1.807) is 16.0 Å². The van der Waals surface area contributed by atoms with Crippen LogP contribution in [-0.4, -0.2) is 103 Å². The summed E-state index contributed by atoms with van der Waals surface area (Å²) < 4.78 is 4.75. The fourth-order valence-electron chi connectivity index (χ4n) is 7.51. The number of H-pyrrole nitrogens is 2. The molecular formula is C40H48N8O6. The Morgan fingerprint density at radius 1 is 0.889 bits per heavy atom. The van der Waals surface area contributed by atoms with Crippen LogP contribution in [0.4, 0.5) is 9.59 Å². The number of hydrogen-bond donors (Lipinski definition) is 4. The first kappa shape index (κ1) is 37.9. The summed E-state index contributed by atoms with van der Waals surface area (Å²) in [6.07, 6.45) is 3.11. The van der Waals surface area contributed by atoms with Gasteiger partial charge >= 0.3 is 12.2 Å². The van der Waals surface area contributed by atoms with Crippen molar-refractivity contribution in [1.29, 1.82) is 0 Å². The van der Waals surface area contributed by atoms with Gasteiger partial charge in [0, 0.05) is 31.9 Å². The Kier molecular flexibility index (Phi) is 11.3. The van der Waals surface area contributed by atoms with Gasteiger partial charge in [0.05, 0.1) is 30.2 Å². The van der Waals surface area contributed by atoms with Gasteiger partial charge < -0.3 is 34.9 Å². The number of hydrogen-bond acceptors (Lipinski definition) is 7. The molecule has 4 atom stereocenters. The molecule has 2 aromatic carbocycles. The predicted molar refractivity (Wildman–Crippen MR) is 202 cm³/mol. The van der Waals surface area contributed by atoms with Gasteiger partial charge in [0.25, 0.3) is 0 Å². The monoisotopic (exact) mass is 736 g/mol.